The normalized spacial score (nSPS) is 12.0. The van der Waals surface area contributed by atoms with Crippen LogP contribution in [0.25, 0.3) is 11.4 Å². The number of esters is 1. The molecule has 3 rings (SSSR count). The summed E-state index contributed by atoms with van der Waals surface area (Å²) in [4.78, 5) is 21.7. The first-order valence-corrected chi connectivity index (χ1v) is 14.6. The number of aryl methyl sites for hydroxylation is 1. The molecule has 0 spiro atoms. The average molecular weight is 529 g/mol. The van der Waals surface area contributed by atoms with Crippen molar-refractivity contribution in [3.8, 4) is 22.9 Å². The number of allylic oxidation sites excluding steroid dienone is 1. The molecule has 0 fully saturated rings. The number of carbonyl (C=O) groups excluding carboxylic acids is 1. The molecule has 0 aliphatic rings. The highest BCUT2D eigenvalue weighted by Crippen LogP contribution is 2.21. The number of hydrogen-bond acceptors (Lipinski definition) is 5. The van der Waals surface area contributed by atoms with Crippen LogP contribution < -0.4 is 9.47 Å². The van der Waals surface area contributed by atoms with E-state index in [-0.39, 0.29) is 0 Å². The fourth-order valence-electron chi connectivity index (χ4n) is 4.23. The zero-order valence-electron chi connectivity index (χ0n) is 23.9. The molecule has 0 aliphatic heterocycles. The van der Waals surface area contributed by atoms with Gasteiger partial charge in [0.1, 0.15) is 11.5 Å². The van der Waals surface area contributed by atoms with E-state index >= 15 is 0 Å². The standard InChI is InChI=1S/C34H44N2O3/c1-4-6-7-8-9-10-13-24-38-31-20-18-30(19-21-31)34(37)39-32-22-16-29(17-23-32)33-35-25-28(26-36-33)15-12-11-14-27(3)5-2/h13,16-27H,4-12,14-15H2,1-3H3. The summed E-state index contributed by atoms with van der Waals surface area (Å²) in [5, 5.41) is 0. The van der Waals surface area contributed by atoms with E-state index in [0.29, 0.717) is 22.9 Å². The van der Waals surface area contributed by atoms with Crippen LogP contribution in [0.3, 0.4) is 0 Å². The van der Waals surface area contributed by atoms with Crippen LogP contribution in [-0.2, 0) is 6.42 Å². The van der Waals surface area contributed by atoms with Crippen molar-refractivity contribution in [3.63, 3.8) is 0 Å². The highest BCUT2D eigenvalue weighted by molar-refractivity contribution is 5.91. The van der Waals surface area contributed by atoms with Gasteiger partial charge in [-0.25, -0.2) is 14.8 Å². The minimum Gasteiger partial charge on any atom is -0.465 e. The van der Waals surface area contributed by atoms with Gasteiger partial charge in [0, 0.05) is 18.0 Å². The van der Waals surface area contributed by atoms with Crippen LogP contribution in [0.4, 0.5) is 0 Å². The Kier molecular flexibility index (Phi) is 13.3. The quantitative estimate of drug-likeness (QED) is 0.0756. The van der Waals surface area contributed by atoms with Gasteiger partial charge >= 0.3 is 5.97 Å². The molecule has 3 aromatic rings. The zero-order chi connectivity index (χ0) is 27.7. The van der Waals surface area contributed by atoms with Gasteiger partial charge in [0.15, 0.2) is 5.82 Å². The number of rotatable bonds is 17. The maximum atomic E-state index is 12.6. The SMILES string of the molecule is CCCCCCCC=COc1ccc(C(=O)Oc2ccc(-c3ncc(CCCCC(C)CC)cn3)cc2)cc1. The number of nitrogens with zero attached hydrogens (tertiary/aromatic N) is 2. The maximum Gasteiger partial charge on any atom is 0.343 e. The summed E-state index contributed by atoms with van der Waals surface area (Å²) in [7, 11) is 0. The zero-order valence-corrected chi connectivity index (χ0v) is 23.9. The third-order valence-electron chi connectivity index (χ3n) is 7.00. The number of ether oxygens (including phenoxy) is 2. The Morgan fingerprint density at radius 3 is 2.23 bits per heavy atom. The summed E-state index contributed by atoms with van der Waals surface area (Å²) in [6.07, 6.45) is 20.9. The lowest BCUT2D eigenvalue weighted by Gasteiger charge is -2.08. The lowest BCUT2D eigenvalue weighted by Crippen LogP contribution is -2.08. The summed E-state index contributed by atoms with van der Waals surface area (Å²) < 4.78 is 11.2. The Labute approximate surface area is 234 Å². The van der Waals surface area contributed by atoms with Crippen molar-refractivity contribution in [3.05, 3.63) is 84.4 Å². The monoisotopic (exact) mass is 528 g/mol. The molecule has 39 heavy (non-hydrogen) atoms. The van der Waals surface area contributed by atoms with E-state index in [1.807, 2.05) is 30.6 Å². The van der Waals surface area contributed by atoms with Crippen molar-refractivity contribution in [2.24, 2.45) is 5.92 Å². The molecule has 5 heteroatoms. The topological polar surface area (TPSA) is 61.3 Å². The second kappa shape index (κ2) is 17.2. The Morgan fingerprint density at radius 1 is 0.846 bits per heavy atom. The first kappa shape index (κ1) is 30.1. The van der Waals surface area contributed by atoms with Crippen molar-refractivity contribution in [2.45, 2.75) is 91.4 Å². The molecular weight excluding hydrogens is 484 g/mol. The second-order valence-electron chi connectivity index (χ2n) is 10.3. The van der Waals surface area contributed by atoms with Crippen LogP contribution in [-0.4, -0.2) is 15.9 Å². The molecular formula is C34H44N2O3. The maximum absolute atomic E-state index is 12.6. The molecule has 0 saturated carbocycles. The third kappa shape index (κ3) is 11.0. The highest BCUT2D eigenvalue weighted by Gasteiger charge is 2.10. The predicted octanol–water partition coefficient (Wildman–Crippen LogP) is 9.37. The van der Waals surface area contributed by atoms with Crippen molar-refractivity contribution < 1.29 is 14.3 Å². The van der Waals surface area contributed by atoms with Gasteiger partial charge in [0.25, 0.3) is 0 Å². The Balaban J connectivity index is 1.42. The first-order valence-electron chi connectivity index (χ1n) is 14.6. The molecule has 0 radical (unpaired) electrons. The molecule has 0 bridgehead atoms. The first-order chi connectivity index (χ1) is 19.1. The van der Waals surface area contributed by atoms with E-state index in [0.717, 1.165) is 24.3 Å². The molecule has 0 saturated heterocycles. The Hall–Kier alpha value is -3.47. The Bertz CT molecular complexity index is 1120. The second-order valence-corrected chi connectivity index (χ2v) is 10.3. The predicted molar refractivity (Wildman–Crippen MR) is 159 cm³/mol. The molecule has 0 N–H and O–H groups in total. The molecule has 208 valence electrons. The van der Waals surface area contributed by atoms with Gasteiger partial charge in [0.2, 0.25) is 0 Å². The van der Waals surface area contributed by atoms with Gasteiger partial charge in [0.05, 0.1) is 11.8 Å². The molecule has 1 aromatic heterocycles. The van der Waals surface area contributed by atoms with Crippen LogP contribution >= 0.6 is 0 Å². The van der Waals surface area contributed by atoms with Gasteiger partial charge in [-0.3, -0.25) is 0 Å². The lowest BCUT2D eigenvalue weighted by molar-refractivity contribution is 0.0734. The number of unbranched alkanes of at least 4 members (excludes halogenated alkanes) is 6. The fourth-order valence-corrected chi connectivity index (χ4v) is 4.23. The van der Waals surface area contributed by atoms with E-state index in [4.69, 9.17) is 9.47 Å². The highest BCUT2D eigenvalue weighted by atomic mass is 16.5. The minimum absolute atomic E-state index is 0.411. The van der Waals surface area contributed by atoms with E-state index in [1.165, 1.54) is 63.4 Å². The van der Waals surface area contributed by atoms with Crippen molar-refractivity contribution in [1.29, 1.82) is 0 Å². The van der Waals surface area contributed by atoms with Crippen molar-refractivity contribution >= 4 is 5.97 Å². The summed E-state index contributed by atoms with van der Waals surface area (Å²) in [5.74, 6) is 2.22. The van der Waals surface area contributed by atoms with Gasteiger partial charge in [-0.2, -0.15) is 0 Å². The van der Waals surface area contributed by atoms with Gasteiger partial charge in [-0.05, 0) is 91.8 Å². The smallest absolute Gasteiger partial charge is 0.343 e. The van der Waals surface area contributed by atoms with E-state index < -0.39 is 5.97 Å². The molecule has 0 aliphatic carbocycles. The molecule has 5 nitrogen and oxygen atoms in total. The molecule has 1 heterocycles. The van der Waals surface area contributed by atoms with Gasteiger partial charge in [-0.1, -0.05) is 65.7 Å². The molecule has 0 amide bonds. The fraction of sp³-hybridized carbons (Fsp3) is 0.441. The van der Waals surface area contributed by atoms with Crippen LogP contribution in [0.5, 0.6) is 11.5 Å². The van der Waals surface area contributed by atoms with Gasteiger partial charge in [-0.15, -0.1) is 0 Å². The van der Waals surface area contributed by atoms with Crippen LogP contribution in [0.1, 0.15) is 101 Å². The van der Waals surface area contributed by atoms with Crippen molar-refractivity contribution in [2.75, 3.05) is 0 Å². The Morgan fingerprint density at radius 2 is 1.54 bits per heavy atom. The number of carbonyl (C=O) groups is 1. The lowest BCUT2D eigenvalue weighted by atomic mass is 10.00. The van der Waals surface area contributed by atoms with Crippen molar-refractivity contribution in [1.82, 2.24) is 9.97 Å². The average Bonchev–Trinajstić information content (AvgIpc) is 2.97. The van der Waals surface area contributed by atoms with Gasteiger partial charge < -0.3 is 9.47 Å². The largest absolute Gasteiger partial charge is 0.465 e. The van der Waals surface area contributed by atoms with E-state index in [9.17, 15) is 4.79 Å². The number of benzene rings is 2. The molecule has 1 unspecified atom stereocenters. The summed E-state index contributed by atoms with van der Waals surface area (Å²) in [6.45, 7) is 6.79. The summed E-state index contributed by atoms with van der Waals surface area (Å²) in [5.41, 5.74) is 2.52. The van der Waals surface area contributed by atoms with E-state index in [2.05, 4.69) is 30.7 Å². The number of aromatic nitrogens is 2. The third-order valence-corrected chi connectivity index (χ3v) is 7.00. The van der Waals surface area contributed by atoms with Crippen LogP contribution in [0, 0.1) is 5.92 Å². The summed E-state index contributed by atoms with van der Waals surface area (Å²) in [6, 6.07) is 14.3. The minimum atomic E-state index is -0.411. The number of hydrogen-bond donors (Lipinski definition) is 0. The van der Waals surface area contributed by atoms with Crippen LogP contribution in [0.15, 0.2) is 73.3 Å². The summed E-state index contributed by atoms with van der Waals surface area (Å²) >= 11 is 0. The molecule has 2 aromatic carbocycles. The van der Waals surface area contributed by atoms with E-state index in [1.54, 1.807) is 42.7 Å². The van der Waals surface area contributed by atoms with Crippen LogP contribution in [0.2, 0.25) is 0 Å². The molecule has 1 atom stereocenters.